The normalized spacial score (nSPS) is 12.4. The summed E-state index contributed by atoms with van der Waals surface area (Å²) in [4.78, 5) is 13.4. The van der Waals surface area contributed by atoms with Gasteiger partial charge >= 0.3 is 0 Å². The number of carbonyl (C=O) groups excluding carboxylic acids is 1. The molecule has 0 bridgehead atoms. The quantitative estimate of drug-likeness (QED) is 0.504. The number of aryl methyl sites for hydroxylation is 4. The number of nitrogens with one attached hydrogen (secondary N) is 2. The molecule has 0 spiro atoms. The fourth-order valence-corrected chi connectivity index (χ4v) is 5.74. The fraction of sp³-hybridized carbons (Fsp3) is 0.240. The van der Waals surface area contributed by atoms with E-state index in [-0.39, 0.29) is 11.3 Å². The van der Waals surface area contributed by atoms with Gasteiger partial charge in [-0.3, -0.25) is 4.79 Å². The first kappa shape index (κ1) is 24.0. The molecule has 7 heteroatoms. The van der Waals surface area contributed by atoms with Crippen LogP contribution in [0.25, 0.3) is 0 Å². The molecule has 1 atom stereocenters. The van der Waals surface area contributed by atoms with Crippen molar-refractivity contribution < 1.29 is 13.2 Å². The molecule has 5 nitrogen and oxygen atoms in total. The fourth-order valence-electron chi connectivity index (χ4n) is 3.86. The van der Waals surface area contributed by atoms with Gasteiger partial charge < -0.3 is 5.32 Å². The number of hydrogen-bond donors (Lipinski definition) is 2. The molecule has 2 N–H and O–H groups in total. The van der Waals surface area contributed by atoms with E-state index in [4.69, 9.17) is 11.6 Å². The van der Waals surface area contributed by atoms with Crippen LogP contribution in [0, 0.1) is 27.7 Å². The van der Waals surface area contributed by atoms with E-state index in [1.54, 1.807) is 32.0 Å². The van der Waals surface area contributed by atoms with Gasteiger partial charge in [-0.1, -0.05) is 59.6 Å². The van der Waals surface area contributed by atoms with Gasteiger partial charge in [0, 0.05) is 10.7 Å². The van der Waals surface area contributed by atoms with Crippen LogP contribution in [0.5, 0.6) is 0 Å². The number of carbonyl (C=O) groups is 1. The minimum atomic E-state index is -3.94. The molecule has 0 aromatic heterocycles. The second-order valence-electron chi connectivity index (χ2n) is 8.04. The van der Waals surface area contributed by atoms with Gasteiger partial charge in [0.2, 0.25) is 15.9 Å². The Bertz CT molecular complexity index is 1220. The van der Waals surface area contributed by atoms with Gasteiger partial charge in [-0.2, -0.15) is 4.72 Å². The third kappa shape index (κ3) is 5.76. The first-order valence-electron chi connectivity index (χ1n) is 10.3. The molecule has 0 saturated heterocycles. The van der Waals surface area contributed by atoms with E-state index in [1.165, 1.54) is 0 Å². The van der Waals surface area contributed by atoms with E-state index >= 15 is 0 Å². The Balaban J connectivity index is 1.94. The van der Waals surface area contributed by atoms with Gasteiger partial charge in [-0.15, -0.1) is 0 Å². The Labute approximate surface area is 194 Å². The molecule has 0 radical (unpaired) electrons. The topological polar surface area (TPSA) is 75.3 Å². The SMILES string of the molecule is Cc1cc(C)c(S(=O)(=O)NC(Cc2ccccc2)C(=O)Nc2ccc(Cl)cc2C)c(C)c1. The van der Waals surface area contributed by atoms with Crippen LogP contribution in [0.2, 0.25) is 5.02 Å². The lowest BCUT2D eigenvalue weighted by Gasteiger charge is -2.21. The highest BCUT2D eigenvalue weighted by molar-refractivity contribution is 7.89. The number of hydrogen-bond acceptors (Lipinski definition) is 3. The monoisotopic (exact) mass is 470 g/mol. The highest BCUT2D eigenvalue weighted by Crippen LogP contribution is 2.23. The van der Waals surface area contributed by atoms with Gasteiger partial charge in [0.1, 0.15) is 6.04 Å². The zero-order valence-corrected chi connectivity index (χ0v) is 20.1. The summed E-state index contributed by atoms with van der Waals surface area (Å²) >= 11 is 6.01. The second kappa shape index (κ2) is 9.86. The molecule has 0 saturated carbocycles. The molecule has 32 heavy (non-hydrogen) atoms. The van der Waals surface area contributed by atoms with Crippen molar-refractivity contribution in [2.24, 2.45) is 0 Å². The van der Waals surface area contributed by atoms with Gasteiger partial charge in [-0.25, -0.2) is 8.42 Å². The largest absolute Gasteiger partial charge is 0.324 e. The summed E-state index contributed by atoms with van der Waals surface area (Å²) in [5.74, 6) is -0.440. The van der Waals surface area contributed by atoms with Crippen LogP contribution >= 0.6 is 11.6 Å². The Morgan fingerprint density at radius 2 is 1.53 bits per heavy atom. The third-order valence-electron chi connectivity index (χ3n) is 5.22. The van der Waals surface area contributed by atoms with Crippen LogP contribution in [-0.4, -0.2) is 20.4 Å². The van der Waals surface area contributed by atoms with E-state index < -0.39 is 22.0 Å². The van der Waals surface area contributed by atoms with Crippen LogP contribution in [0.1, 0.15) is 27.8 Å². The van der Waals surface area contributed by atoms with Crippen molar-refractivity contribution in [3.8, 4) is 0 Å². The van der Waals surface area contributed by atoms with Crippen LogP contribution in [-0.2, 0) is 21.2 Å². The predicted octanol–water partition coefficient (Wildman–Crippen LogP) is 5.10. The molecule has 0 aliphatic rings. The molecule has 0 heterocycles. The highest BCUT2D eigenvalue weighted by atomic mass is 35.5. The Morgan fingerprint density at radius 1 is 0.906 bits per heavy atom. The van der Waals surface area contributed by atoms with E-state index in [9.17, 15) is 13.2 Å². The number of sulfonamides is 1. The zero-order chi connectivity index (χ0) is 23.5. The third-order valence-corrected chi connectivity index (χ3v) is 7.23. The minimum Gasteiger partial charge on any atom is -0.324 e. The van der Waals surface area contributed by atoms with Gasteiger partial charge in [0.05, 0.1) is 4.90 Å². The summed E-state index contributed by atoms with van der Waals surface area (Å²) in [6.45, 7) is 7.27. The van der Waals surface area contributed by atoms with Crippen molar-refractivity contribution in [1.29, 1.82) is 0 Å². The molecule has 0 aliphatic heterocycles. The Kier molecular flexibility index (Phi) is 7.39. The standard InChI is InChI=1S/C25H27ClN2O3S/c1-16-12-18(3)24(19(4)13-16)32(30,31)28-23(15-20-8-6-5-7-9-20)25(29)27-22-11-10-21(26)14-17(22)2/h5-14,23,28H,15H2,1-4H3,(H,27,29). The summed E-state index contributed by atoms with van der Waals surface area (Å²) in [7, 11) is -3.94. The predicted molar refractivity (Wildman–Crippen MR) is 130 cm³/mol. The molecule has 168 valence electrons. The lowest BCUT2D eigenvalue weighted by molar-refractivity contribution is -0.117. The van der Waals surface area contributed by atoms with Gasteiger partial charge in [-0.05, 0) is 74.6 Å². The molecular formula is C25H27ClN2O3S. The van der Waals surface area contributed by atoms with E-state index in [2.05, 4.69) is 10.0 Å². The molecule has 0 fully saturated rings. The average Bonchev–Trinajstić information content (AvgIpc) is 2.69. The lowest BCUT2D eigenvalue weighted by atomic mass is 10.1. The van der Waals surface area contributed by atoms with Crippen molar-refractivity contribution in [1.82, 2.24) is 4.72 Å². The Morgan fingerprint density at radius 3 is 2.12 bits per heavy atom. The van der Waals surface area contributed by atoms with Crippen molar-refractivity contribution >= 4 is 33.2 Å². The highest BCUT2D eigenvalue weighted by Gasteiger charge is 2.28. The maximum Gasteiger partial charge on any atom is 0.242 e. The van der Waals surface area contributed by atoms with Crippen molar-refractivity contribution in [3.05, 3.63) is 93.5 Å². The number of anilines is 1. The van der Waals surface area contributed by atoms with E-state index in [0.717, 1.165) is 16.7 Å². The number of benzene rings is 3. The summed E-state index contributed by atoms with van der Waals surface area (Å²) in [5, 5.41) is 3.41. The maximum absolute atomic E-state index is 13.3. The van der Waals surface area contributed by atoms with Crippen molar-refractivity contribution in [2.45, 2.75) is 45.1 Å². The average molecular weight is 471 g/mol. The number of rotatable bonds is 7. The Hall–Kier alpha value is -2.67. The first-order valence-corrected chi connectivity index (χ1v) is 12.1. The number of amides is 1. The van der Waals surface area contributed by atoms with E-state index in [0.29, 0.717) is 21.8 Å². The summed E-state index contributed by atoms with van der Waals surface area (Å²) in [6.07, 6.45) is 0.211. The zero-order valence-electron chi connectivity index (χ0n) is 18.6. The summed E-state index contributed by atoms with van der Waals surface area (Å²) < 4.78 is 29.3. The second-order valence-corrected chi connectivity index (χ2v) is 10.1. The molecule has 1 unspecified atom stereocenters. The van der Waals surface area contributed by atoms with E-state index in [1.807, 2.05) is 56.3 Å². The summed E-state index contributed by atoms with van der Waals surface area (Å²) in [5.41, 5.74) is 4.48. The summed E-state index contributed by atoms with van der Waals surface area (Å²) in [6, 6.07) is 17.1. The molecule has 3 aromatic carbocycles. The molecule has 3 rings (SSSR count). The molecule has 3 aromatic rings. The number of halogens is 1. The van der Waals surface area contributed by atoms with Crippen LogP contribution in [0.4, 0.5) is 5.69 Å². The molecule has 1 amide bonds. The lowest BCUT2D eigenvalue weighted by Crippen LogP contribution is -2.45. The minimum absolute atomic E-state index is 0.205. The van der Waals surface area contributed by atoms with Crippen LogP contribution < -0.4 is 10.0 Å². The molecular weight excluding hydrogens is 444 g/mol. The van der Waals surface area contributed by atoms with Gasteiger partial charge in [0.15, 0.2) is 0 Å². The van der Waals surface area contributed by atoms with Crippen molar-refractivity contribution in [2.75, 3.05) is 5.32 Å². The first-order chi connectivity index (χ1) is 15.1. The van der Waals surface area contributed by atoms with Gasteiger partial charge in [0.25, 0.3) is 0 Å². The van der Waals surface area contributed by atoms with Crippen LogP contribution in [0.3, 0.4) is 0 Å². The van der Waals surface area contributed by atoms with Crippen LogP contribution in [0.15, 0.2) is 65.6 Å². The molecule has 0 aliphatic carbocycles. The maximum atomic E-state index is 13.3. The van der Waals surface area contributed by atoms with Crippen molar-refractivity contribution in [3.63, 3.8) is 0 Å². The smallest absolute Gasteiger partial charge is 0.242 e.